The Morgan fingerprint density at radius 1 is 1.33 bits per heavy atom. The van der Waals surface area contributed by atoms with Crippen LogP contribution in [0.3, 0.4) is 0 Å². The number of nitrogens with one attached hydrogen (secondary N) is 3. The van der Waals surface area contributed by atoms with Gasteiger partial charge in [0, 0.05) is 24.7 Å². The second-order valence-corrected chi connectivity index (χ2v) is 5.84. The highest BCUT2D eigenvalue weighted by Gasteiger charge is 2.11. The van der Waals surface area contributed by atoms with Crippen LogP contribution in [0.15, 0.2) is 35.6 Å². The van der Waals surface area contributed by atoms with Gasteiger partial charge in [0.05, 0.1) is 0 Å². The molecule has 0 spiro atoms. The Morgan fingerprint density at radius 3 is 2.76 bits per heavy atom. The summed E-state index contributed by atoms with van der Waals surface area (Å²) in [5.74, 6) is 1.56. The van der Waals surface area contributed by atoms with Crippen molar-refractivity contribution in [2.75, 3.05) is 7.05 Å². The lowest BCUT2D eigenvalue weighted by molar-refractivity contribution is 0.501. The summed E-state index contributed by atoms with van der Waals surface area (Å²) >= 11 is 0. The Balaban J connectivity index is 2.02. The van der Waals surface area contributed by atoms with E-state index in [9.17, 15) is 0 Å². The molecule has 1 aromatic heterocycles. The summed E-state index contributed by atoms with van der Waals surface area (Å²) in [5, 5.41) is 13.4. The molecule has 0 aliphatic carbocycles. The smallest absolute Gasteiger partial charge is 0.191 e. The molecule has 0 saturated heterocycles. The molecule has 6 heteroatoms. The van der Waals surface area contributed by atoms with Crippen LogP contribution in [0.4, 0.5) is 0 Å². The summed E-state index contributed by atoms with van der Waals surface area (Å²) in [6.45, 7) is 7.00. The van der Waals surface area contributed by atoms with E-state index in [0.717, 1.165) is 22.9 Å². The fourth-order valence-electron chi connectivity index (χ4n) is 1.89. The zero-order valence-corrected chi connectivity index (χ0v) is 12.9. The predicted molar refractivity (Wildman–Crippen MR) is 84.9 cm³/mol. The number of nitrogens with zero attached hydrogens (tertiary/aromatic N) is 3. The van der Waals surface area contributed by atoms with Gasteiger partial charge in [0.25, 0.3) is 0 Å². The Kier molecular flexibility index (Phi) is 4.57. The number of benzene rings is 1. The Bertz CT molecular complexity index is 595. The predicted octanol–water partition coefficient (Wildman–Crippen LogP) is 1.94. The van der Waals surface area contributed by atoms with Gasteiger partial charge >= 0.3 is 0 Å². The third-order valence-electron chi connectivity index (χ3n) is 2.79. The van der Waals surface area contributed by atoms with E-state index < -0.39 is 0 Å². The summed E-state index contributed by atoms with van der Waals surface area (Å²) in [4.78, 5) is 8.39. The van der Waals surface area contributed by atoms with Gasteiger partial charge in [-0.1, -0.05) is 18.2 Å². The molecule has 0 aliphatic rings. The number of aliphatic imine (C=N–C) groups is 1. The molecule has 1 heterocycles. The lowest BCUT2D eigenvalue weighted by atomic mass is 10.1. The van der Waals surface area contributed by atoms with Crippen molar-refractivity contribution in [1.29, 1.82) is 0 Å². The lowest BCUT2D eigenvalue weighted by Crippen LogP contribution is -2.47. The molecule has 6 nitrogen and oxygen atoms in total. The van der Waals surface area contributed by atoms with Crippen molar-refractivity contribution >= 4 is 5.96 Å². The number of aromatic nitrogens is 3. The number of hydrogen-bond donors (Lipinski definition) is 3. The first-order valence-electron chi connectivity index (χ1n) is 6.91. The van der Waals surface area contributed by atoms with Gasteiger partial charge in [-0.3, -0.25) is 10.1 Å². The van der Waals surface area contributed by atoms with Crippen LogP contribution in [0.5, 0.6) is 0 Å². The van der Waals surface area contributed by atoms with Crippen LogP contribution in [0, 0.1) is 0 Å². The summed E-state index contributed by atoms with van der Waals surface area (Å²) in [6, 6.07) is 8.16. The van der Waals surface area contributed by atoms with Crippen LogP contribution in [0.25, 0.3) is 11.4 Å². The lowest BCUT2D eigenvalue weighted by Gasteiger charge is -2.23. The van der Waals surface area contributed by atoms with Crippen LogP contribution < -0.4 is 10.6 Å². The van der Waals surface area contributed by atoms with E-state index in [1.165, 1.54) is 6.33 Å². The van der Waals surface area contributed by atoms with Gasteiger partial charge in [0.1, 0.15) is 6.33 Å². The molecule has 0 saturated carbocycles. The number of aromatic amines is 1. The van der Waals surface area contributed by atoms with Crippen molar-refractivity contribution < 1.29 is 0 Å². The van der Waals surface area contributed by atoms with Gasteiger partial charge in [-0.05, 0) is 32.4 Å². The second-order valence-electron chi connectivity index (χ2n) is 5.84. The van der Waals surface area contributed by atoms with Crippen molar-refractivity contribution in [3.05, 3.63) is 36.2 Å². The molecule has 0 unspecified atom stereocenters. The zero-order valence-electron chi connectivity index (χ0n) is 12.9. The summed E-state index contributed by atoms with van der Waals surface area (Å²) in [5.41, 5.74) is 2.15. The Hall–Kier alpha value is -2.37. The highest BCUT2D eigenvalue weighted by Crippen LogP contribution is 2.15. The van der Waals surface area contributed by atoms with E-state index in [0.29, 0.717) is 6.54 Å². The fraction of sp³-hybridized carbons (Fsp3) is 0.400. The average Bonchev–Trinajstić information content (AvgIpc) is 2.96. The SMILES string of the molecule is CN=C(NCc1cccc(-c2ncn[nH]2)c1)NC(C)(C)C. The van der Waals surface area contributed by atoms with Gasteiger partial charge in [-0.2, -0.15) is 5.10 Å². The highest BCUT2D eigenvalue weighted by atomic mass is 15.2. The molecule has 2 rings (SSSR count). The number of guanidine groups is 1. The van der Waals surface area contributed by atoms with E-state index >= 15 is 0 Å². The summed E-state index contributed by atoms with van der Waals surface area (Å²) < 4.78 is 0. The molecule has 0 radical (unpaired) electrons. The molecule has 0 bridgehead atoms. The van der Waals surface area contributed by atoms with Crippen molar-refractivity contribution in [2.45, 2.75) is 32.9 Å². The van der Waals surface area contributed by atoms with E-state index in [1.807, 2.05) is 12.1 Å². The first kappa shape index (κ1) is 15.0. The summed E-state index contributed by atoms with van der Waals surface area (Å²) in [7, 11) is 1.77. The molecule has 2 aromatic rings. The van der Waals surface area contributed by atoms with Crippen molar-refractivity contribution in [3.63, 3.8) is 0 Å². The minimum absolute atomic E-state index is 0.0243. The highest BCUT2D eigenvalue weighted by molar-refractivity contribution is 5.80. The molecule has 1 aromatic carbocycles. The third kappa shape index (κ3) is 4.59. The third-order valence-corrected chi connectivity index (χ3v) is 2.79. The van der Waals surface area contributed by atoms with Crippen molar-refractivity contribution in [3.8, 4) is 11.4 Å². The molecule has 0 fully saturated rings. The maximum absolute atomic E-state index is 4.23. The summed E-state index contributed by atoms with van der Waals surface area (Å²) in [6.07, 6.45) is 1.51. The number of hydrogen-bond acceptors (Lipinski definition) is 3. The maximum atomic E-state index is 4.23. The van der Waals surface area contributed by atoms with Gasteiger partial charge < -0.3 is 10.6 Å². The molecular weight excluding hydrogens is 264 g/mol. The van der Waals surface area contributed by atoms with Crippen LogP contribution in [-0.4, -0.2) is 33.7 Å². The first-order chi connectivity index (χ1) is 9.98. The van der Waals surface area contributed by atoms with Crippen molar-refractivity contribution in [1.82, 2.24) is 25.8 Å². The van der Waals surface area contributed by atoms with Crippen LogP contribution in [0.1, 0.15) is 26.3 Å². The standard InChI is InChI=1S/C15H22N6/c1-15(2,3)20-14(16-4)17-9-11-6-5-7-12(8-11)13-18-10-19-21-13/h5-8,10H,9H2,1-4H3,(H2,16,17,20)(H,18,19,21). The van der Waals surface area contributed by atoms with E-state index in [-0.39, 0.29) is 5.54 Å². The van der Waals surface area contributed by atoms with Crippen LogP contribution >= 0.6 is 0 Å². The molecule has 0 aliphatic heterocycles. The molecule has 112 valence electrons. The molecule has 3 N–H and O–H groups in total. The Morgan fingerprint density at radius 2 is 2.14 bits per heavy atom. The number of rotatable bonds is 3. The van der Waals surface area contributed by atoms with Crippen molar-refractivity contribution in [2.24, 2.45) is 4.99 Å². The van der Waals surface area contributed by atoms with E-state index in [2.05, 4.69) is 63.7 Å². The van der Waals surface area contributed by atoms with Gasteiger partial charge in [0.2, 0.25) is 0 Å². The molecule has 21 heavy (non-hydrogen) atoms. The van der Waals surface area contributed by atoms with E-state index in [1.54, 1.807) is 7.05 Å². The molecular formula is C15H22N6. The minimum Gasteiger partial charge on any atom is -0.352 e. The zero-order chi connectivity index (χ0) is 15.3. The van der Waals surface area contributed by atoms with E-state index in [4.69, 9.17) is 0 Å². The average molecular weight is 286 g/mol. The topological polar surface area (TPSA) is 78.0 Å². The fourth-order valence-corrected chi connectivity index (χ4v) is 1.89. The number of H-pyrrole nitrogens is 1. The quantitative estimate of drug-likeness (QED) is 0.595. The monoisotopic (exact) mass is 286 g/mol. The largest absolute Gasteiger partial charge is 0.352 e. The maximum Gasteiger partial charge on any atom is 0.191 e. The van der Waals surface area contributed by atoms with Gasteiger partial charge in [-0.25, -0.2) is 4.98 Å². The minimum atomic E-state index is -0.0243. The first-order valence-corrected chi connectivity index (χ1v) is 6.91. The Labute approximate surface area is 125 Å². The second kappa shape index (κ2) is 6.39. The molecule has 0 atom stereocenters. The molecule has 0 amide bonds. The van der Waals surface area contributed by atoms with Gasteiger partial charge in [-0.15, -0.1) is 0 Å². The van der Waals surface area contributed by atoms with Gasteiger partial charge in [0.15, 0.2) is 11.8 Å². The van der Waals surface area contributed by atoms with Crippen LogP contribution in [0.2, 0.25) is 0 Å². The normalized spacial score (nSPS) is 12.3. The van der Waals surface area contributed by atoms with Crippen LogP contribution in [-0.2, 0) is 6.54 Å².